The first kappa shape index (κ1) is 27.6. The number of ether oxygens (including phenoxy) is 4. The number of hydrogen-bond acceptors (Lipinski definition) is 8. The van der Waals surface area contributed by atoms with Crippen molar-refractivity contribution in [3.63, 3.8) is 0 Å². The van der Waals surface area contributed by atoms with Gasteiger partial charge in [-0.25, -0.2) is 10.0 Å². The molecule has 2 aliphatic heterocycles. The van der Waals surface area contributed by atoms with Gasteiger partial charge in [0.1, 0.15) is 11.5 Å². The van der Waals surface area contributed by atoms with E-state index in [9.17, 15) is 4.79 Å². The van der Waals surface area contributed by atoms with E-state index in [1.807, 2.05) is 83.9 Å². The highest BCUT2D eigenvalue weighted by atomic mass is 16.5. The van der Waals surface area contributed by atoms with Crippen molar-refractivity contribution in [1.29, 1.82) is 0 Å². The molecule has 0 radical (unpaired) electrons. The largest absolute Gasteiger partial charge is 0.497 e. The number of hydrogen-bond donors (Lipinski definition) is 2. The predicted molar refractivity (Wildman–Crippen MR) is 150 cm³/mol. The lowest BCUT2D eigenvalue weighted by Gasteiger charge is -2.34. The van der Waals surface area contributed by atoms with Crippen LogP contribution in [0, 0.1) is 0 Å². The average Bonchev–Trinajstić information content (AvgIpc) is 3.39. The Morgan fingerprint density at radius 2 is 1.82 bits per heavy atom. The van der Waals surface area contributed by atoms with Gasteiger partial charge >= 0.3 is 0 Å². The van der Waals surface area contributed by atoms with Crippen LogP contribution >= 0.6 is 0 Å². The third-order valence-electron chi connectivity index (χ3n) is 7.01. The lowest BCUT2D eigenvalue weighted by atomic mass is 9.82. The third-order valence-corrected chi connectivity index (χ3v) is 7.01. The fourth-order valence-electron chi connectivity index (χ4n) is 4.91. The van der Waals surface area contributed by atoms with Gasteiger partial charge in [0.15, 0.2) is 11.6 Å². The van der Waals surface area contributed by atoms with Crippen LogP contribution in [0.25, 0.3) is 0 Å². The fraction of sp³-hybridized carbons (Fsp3) is 0.355. The molecule has 1 saturated heterocycles. The Morgan fingerprint density at radius 1 is 1.05 bits per heavy atom. The zero-order valence-electron chi connectivity index (χ0n) is 22.6. The predicted octanol–water partition coefficient (Wildman–Crippen LogP) is 3.32. The first-order chi connectivity index (χ1) is 19.6. The number of rotatable bonds is 11. The number of morpholine rings is 1. The highest BCUT2D eigenvalue weighted by Gasteiger charge is 2.54. The van der Waals surface area contributed by atoms with E-state index in [4.69, 9.17) is 29.0 Å². The Labute approximate surface area is 234 Å². The number of carbonyl (C=O) groups excluding carboxylic acids is 1. The summed E-state index contributed by atoms with van der Waals surface area (Å²) in [5.41, 5.74) is 4.31. The van der Waals surface area contributed by atoms with Crippen molar-refractivity contribution in [2.75, 3.05) is 46.6 Å². The molecule has 9 nitrogen and oxygen atoms in total. The molecule has 1 amide bonds. The second-order valence-corrected chi connectivity index (χ2v) is 9.77. The SMILES string of the molecule is COc1cccc([C@@H]2OC(c3ccc(OCCCO)cc3)=N[C@]2(Cc2ccccc2)C(=O)NN2CCOCC2)c1. The summed E-state index contributed by atoms with van der Waals surface area (Å²) in [5, 5.41) is 10.9. The second-order valence-electron chi connectivity index (χ2n) is 9.77. The van der Waals surface area contributed by atoms with Gasteiger partial charge in [-0.3, -0.25) is 10.2 Å². The zero-order chi connectivity index (χ0) is 27.8. The molecule has 40 heavy (non-hydrogen) atoms. The molecule has 1 fully saturated rings. The molecule has 3 aromatic rings. The van der Waals surface area contributed by atoms with E-state index in [0.29, 0.717) is 63.1 Å². The monoisotopic (exact) mass is 545 g/mol. The minimum absolute atomic E-state index is 0.0738. The quantitative estimate of drug-likeness (QED) is 0.357. The van der Waals surface area contributed by atoms with Crippen molar-refractivity contribution in [3.8, 4) is 11.5 Å². The Kier molecular flexibility index (Phi) is 8.95. The molecule has 0 bridgehead atoms. The Bertz CT molecular complexity index is 1290. The van der Waals surface area contributed by atoms with Gasteiger partial charge in [-0.1, -0.05) is 42.5 Å². The number of nitrogens with zero attached hydrogens (tertiary/aromatic N) is 2. The van der Waals surface area contributed by atoms with Crippen LogP contribution in [0.15, 0.2) is 83.9 Å². The van der Waals surface area contributed by atoms with Crippen molar-refractivity contribution in [1.82, 2.24) is 10.4 Å². The highest BCUT2D eigenvalue weighted by Crippen LogP contribution is 2.43. The number of carbonyl (C=O) groups is 1. The normalized spacial score (nSPS) is 20.9. The number of aliphatic hydroxyl groups is 1. The molecule has 9 heteroatoms. The van der Waals surface area contributed by atoms with E-state index in [1.165, 1.54) is 0 Å². The lowest BCUT2D eigenvalue weighted by Crippen LogP contribution is -2.57. The summed E-state index contributed by atoms with van der Waals surface area (Å²) in [5.74, 6) is 1.48. The summed E-state index contributed by atoms with van der Waals surface area (Å²) in [4.78, 5) is 19.4. The molecule has 0 unspecified atom stereocenters. The van der Waals surface area contributed by atoms with E-state index in [0.717, 1.165) is 16.7 Å². The number of nitrogens with one attached hydrogen (secondary N) is 1. The highest BCUT2D eigenvalue weighted by molar-refractivity contribution is 6.01. The van der Waals surface area contributed by atoms with Gasteiger partial charge in [0, 0.05) is 38.1 Å². The van der Waals surface area contributed by atoms with Gasteiger partial charge in [0.05, 0.1) is 26.9 Å². The van der Waals surface area contributed by atoms with Crippen LogP contribution < -0.4 is 14.9 Å². The number of methoxy groups -OCH3 is 1. The molecular weight excluding hydrogens is 510 g/mol. The minimum atomic E-state index is -1.29. The molecule has 210 valence electrons. The van der Waals surface area contributed by atoms with Crippen LogP contribution in [-0.4, -0.2) is 74.1 Å². The van der Waals surface area contributed by atoms with Crippen LogP contribution in [0.1, 0.15) is 29.2 Å². The van der Waals surface area contributed by atoms with Crippen molar-refractivity contribution in [2.24, 2.45) is 4.99 Å². The van der Waals surface area contributed by atoms with Crippen LogP contribution in [0.5, 0.6) is 11.5 Å². The van der Waals surface area contributed by atoms with Crippen LogP contribution in [0.2, 0.25) is 0 Å². The number of hydrazine groups is 1. The Balaban J connectivity index is 1.55. The van der Waals surface area contributed by atoms with Crippen LogP contribution in [-0.2, 0) is 20.7 Å². The number of aliphatic hydroxyl groups excluding tert-OH is 1. The van der Waals surface area contributed by atoms with Crippen molar-refractivity contribution >= 4 is 11.8 Å². The second kappa shape index (κ2) is 13.0. The number of aliphatic imine (C=N–C) groups is 1. The smallest absolute Gasteiger partial charge is 0.266 e. The van der Waals surface area contributed by atoms with Gasteiger partial charge in [-0.15, -0.1) is 0 Å². The molecular formula is C31H35N3O6. The van der Waals surface area contributed by atoms with Crippen molar-refractivity contribution in [2.45, 2.75) is 24.5 Å². The third kappa shape index (κ3) is 6.28. The average molecular weight is 546 g/mol. The summed E-state index contributed by atoms with van der Waals surface area (Å²) >= 11 is 0. The Morgan fingerprint density at radius 3 is 2.55 bits per heavy atom. The molecule has 2 aliphatic rings. The lowest BCUT2D eigenvalue weighted by molar-refractivity contribution is -0.136. The van der Waals surface area contributed by atoms with Gasteiger partial charge in [-0.05, 0) is 47.5 Å². The summed E-state index contributed by atoms with van der Waals surface area (Å²) < 4.78 is 23.3. The molecule has 2 heterocycles. The molecule has 2 N–H and O–H groups in total. The summed E-state index contributed by atoms with van der Waals surface area (Å²) in [6.45, 7) is 2.77. The summed E-state index contributed by atoms with van der Waals surface area (Å²) in [6, 6.07) is 24.9. The first-order valence-corrected chi connectivity index (χ1v) is 13.5. The summed E-state index contributed by atoms with van der Waals surface area (Å²) in [6.07, 6.45) is 0.178. The van der Waals surface area contributed by atoms with E-state index in [-0.39, 0.29) is 12.5 Å². The zero-order valence-corrected chi connectivity index (χ0v) is 22.6. The molecule has 0 spiro atoms. The molecule has 2 atom stereocenters. The fourth-order valence-corrected chi connectivity index (χ4v) is 4.91. The molecule has 3 aromatic carbocycles. The van der Waals surface area contributed by atoms with Crippen LogP contribution in [0.4, 0.5) is 0 Å². The Hall–Kier alpha value is -3.92. The summed E-state index contributed by atoms with van der Waals surface area (Å²) in [7, 11) is 1.61. The molecule has 0 aliphatic carbocycles. The van der Waals surface area contributed by atoms with Crippen molar-refractivity contribution in [3.05, 3.63) is 95.6 Å². The topological polar surface area (TPSA) is 102 Å². The molecule has 5 rings (SSSR count). The van der Waals surface area contributed by atoms with E-state index >= 15 is 0 Å². The number of benzene rings is 3. The standard InChI is InChI=1S/C31H35N3O6/c1-37-27-10-5-9-25(21-27)28-31(22-23-7-3-2-4-8-23,30(36)33-34-15-19-38-20-16-34)32-29(40-28)24-11-13-26(14-12-24)39-18-6-17-35/h2-5,7-14,21,28,35H,6,15-20,22H2,1H3,(H,33,36)/t28-,31-/m0/s1. The van der Waals surface area contributed by atoms with Gasteiger partial charge in [0.2, 0.25) is 5.90 Å². The van der Waals surface area contributed by atoms with Gasteiger partial charge < -0.3 is 24.1 Å². The molecule has 0 aromatic heterocycles. The van der Waals surface area contributed by atoms with Gasteiger partial charge in [0.25, 0.3) is 5.91 Å². The number of amides is 1. The maximum Gasteiger partial charge on any atom is 0.266 e. The van der Waals surface area contributed by atoms with Crippen LogP contribution in [0.3, 0.4) is 0 Å². The van der Waals surface area contributed by atoms with Crippen molar-refractivity contribution < 1.29 is 28.8 Å². The maximum absolute atomic E-state index is 14.3. The first-order valence-electron chi connectivity index (χ1n) is 13.5. The molecule has 0 saturated carbocycles. The van der Waals surface area contributed by atoms with E-state index in [2.05, 4.69) is 5.43 Å². The van der Waals surface area contributed by atoms with E-state index in [1.54, 1.807) is 7.11 Å². The minimum Gasteiger partial charge on any atom is -0.497 e. The van der Waals surface area contributed by atoms with E-state index < -0.39 is 11.6 Å². The maximum atomic E-state index is 14.3. The van der Waals surface area contributed by atoms with Gasteiger partial charge in [-0.2, -0.15) is 0 Å².